The Morgan fingerprint density at radius 3 is 2.79 bits per heavy atom. The van der Waals surface area contributed by atoms with E-state index in [0.29, 0.717) is 5.82 Å². The van der Waals surface area contributed by atoms with E-state index in [2.05, 4.69) is 23.0 Å². The van der Waals surface area contributed by atoms with E-state index in [-0.39, 0.29) is 0 Å². The van der Waals surface area contributed by atoms with Crippen molar-refractivity contribution in [2.75, 3.05) is 0 Å². The van der Waals surface area contributed by atoms with Gasteiger partial charge in [-0.3, -0.25) is 0 Å². The molecule has 0 aliphatic rings. The molecule has 1 rings (SSSR count). The van der Waals surface area contributed by atoms with Gasteiger partial charge in [0, 0.05) is 0 Å². The summed E-state index contributed by atoms with van der Waals surface area (Å²) in [5.41, 5.74) is 0.0483. The summed E-state index contributed by atoms with van der Waals surface area (Å²) >= 11 is 0. The zero-order valence-electron chi connectivity index (χ0n) is 9.04. The fraction of sp³-hybridized carbons (Fsp3) is 0.545. The fourth-order valence-corrected chi connectivity index (χ4v) is 1.11. The number of aromatic amines is 1. The van der Waals surface area contributed by atoms with Gasteiger partial charge in [0.2, 0.25) is 0 Å². The van der Waals surface area contributed by atoms with E-state index in [1.54, 1.807) is 20.0 Å². The summed E-state index contributed by atoms with van der Waals surface area (Å²) in [4.78, 5) is 7.17. The number of unbranched alkanes of at least 4 members (excludes halogenated alkanes) is 1. The Labute approximate surface area is 84.9 Å². The maximum atomic E-state index is 9.66. The minimum Gasteiger partial charge on any atom is -0.383 e. The molecule has 1 aromatic heterocycles. The van der Waals surface area contributed by atoms with Crippen LogP contribution in [0.4, 0.5) is 0 Å². The average Bonchev–Trinajstić information content (AvgIpc) is 2.52. The first-order valence-corrected chi connectivity index (χ1v) is 4.98. The van der Waals surface area contributed by atoms with Crippen LogP contribution in [-0.4, -0.2) is 15.1 Å². The lowest BCUT2D eigenvalue weighted by molar-refractivity contribution is 0.0696. The first-order valence-electron chi connectivity index (χ1n) is 4.98. The van der Waals surface area contributed by atoms with Gasteiger partial charge in [-0.2, -0.15) is 0 Å². The molecule has 0 bridgehead atoms. The standard InChI is InChI=1S/C11H18N2O/c1-4-5-6-7-9-8-12-10(13-9)11(2,3)14/h6-8,14H,4-5H2,1-3H3,(H,12,13)/b7-6+. The summed E-state index contributed by atoms with van der Waals surface area (Å²) in [5, 5.41) is 9.66. The largest absolute Gasteiger partial charge is 0.383 e. The summed E-state index contributed by atoms with van der Waals surface area (Å²) in [6.45, 7) is 5.57. The van der Waals surface area contributed by atoms with Crippen LogP contribution in [0.25, 0.3) is 6.08 Å². The summed E-state index contributed by atoms with van der Waals surface area (Å²) in [7, 11) is 0. The molecule has 0 aromatic carbocycles. The van der Waals surface area contributed by atoms with Crippen LogP contribution < -0.4 is 0 Å². The van der Waals surface area contributed by atoms with Crippen LogP contribution in [0, 0.1) is 0 Å². The van der Waals surface area contributed by atoms with Gasteiger partial charge in [0.25, 0.3) is 0 Å². The number of aliphatic hydroxyl groups is 1. The van der Waals surface area contributed by atoms with Crippen LogP contribution in [0.2, 0.25) is 0 Å². The van der Waals surface area contributed by atoms with Crippen molar-refractivity contribution in [2.24, 2.45) is 0 Å². The molecule has 3 nitrogen and oxygen atoms in total. The molecule has 0 saturated heterocycles. The highest BCUT2D eigenvalue weighted by atomic mass is 16.3. The molecule has 3 heteroatoms. The van der Waals surface area contributed by atoms with Crippen molar-refractivity contribution < 1.29 is 5.11 Å². The fourth-order valence-electron chi connectivity index (χ4n) is 1.11. The highest BCUT2D eigenvalue weighted by Gasteiger charge is 2.18. The van der Waals surface area contributed by atoms with E-state index in [9.17, 15) is 5.11 Å². The molecule has 0 aliphatic carbocycles. The van der Waals surface area contributed by atoms with Gasteiger partial charge >= 0.3 is 0 Å². The number of rotatable bonds is 4. The third kappa shape index (κ3) is 3.00. The Kier molecular flexibility index (Phi) is 3.47. The zero-order valence-corrected chi connectivity index (χ0v) is 9.04. The SMILES string of the molecule is CCC/C=C/c1cnc(C(C)(C)O)[nH]1. The van der Waals surface area contributed by atoms with Crippen molar-refractivity contribution in [3.8, 4) is 0 Å². The van der Waals surface area contributed by atoms with Crippen LogP contribution in [0.5, 0.6) is 0 Å². The van der Waals surface area contributed by atoms with E-state index in [1.807, 2.05) is 6.08 Å². The van der Waals surface area contributed by atoms with Gasteiger partial charge in [-0.15, -0.1) is 0 Å². The third-order valence-electron chi connectivity index (χ3n) is 1.93. The monoisotopic (exact) mass is 194 g/mol. The second-order valence-electron chi connectivity index (χ2n) is 3.94. The lowest BCUT2D eigenvalue weighted by atomic mass is 10.1. The molecule has 0 unspecified atom stereocenters. The Bertz CT molecular complexity index is 307. The highest BCUT2D eigenvalue weighted by Crippen LogP contribution is 2.15. The van der Waals surface area contributed by atoms with Gasteiger partial charge in [0.1, 0.15) is 11.4 Å². The normalized spacial score (nSPS) is 12.6. The molecular formula is C11H18N2O. The van der Waals surface area contributed by atoms with Crippen molar-refractivity contribution in [1.29, 1.82) is 0 Å². The zero-order chi connectivity index (χ0) is 10.6. The van der Waals surface area contributed by atoms with E-state index >= 15 is 0 Å². The molecule has 0 radical (unpaired) electrons. The highest BCUT2D eigenvalue weighted by molar-refractivity contribution is 5.43. The van der Waals surface area contributed by atoms with Crippen molar-refractivity contribution in [3.05, 3.63) is 23.8 Å². The van der Waals surface area contributed by atoms with E-state index in [1.165, 1.54) is 0 Å². The smallest absolute Gasteiger partial charge is 0.138 e. The molecule has 0 aliphatic heterocycles. The lowest BCUT2D eigenvalue weighted by Gasteiger charge is -2.12. The van der Waals surface area contributed by atoms with Gasteiger partial charge in [-0.05, 0) is 26.3 Å². The number of allylic oxidation sites excluding steroid dienone is 1. The van der Waals surface area contributed by atoms with E-state index in [4.69, 9.17) is 0 Å². The number of aromatic nitrogens is 2. The number of hydrogen-bond donors (Lipinski definition) is 2. The van der Waals surface area contributed by atoms with Crippen LogP contribution >= 0.6 is 0 Å². The molecular weight excluding hydrogens is 176 g/mol. The number of H-pyrrole nitrogens is 1. The third-order valence-corrected chi connectivity index (χ3v) is 1.93. The predicted molar refractivity (Wildman–Crippen MR) is 57.8 cm³/mol. The molecule has 0 atom stereocenters. The quantitative estimate of drug-likeness (QED) is 0.773. The maximum absolute atomic E-state index is 9.66. The Hall–Kier alpha value is -1.09. The molecule has 0 amide bonds. The molecule has 14 heavy (non-hydrogen) atoms. The predicted octanol–water partition coefficient (Wildman–Crippen LogP) is 2.45. The molecule has 0 saturated carbocycles. The summed E-state index contributed by atoms with van der Waals surface area (Å²) in [6.07, 6.45) is 8.03. The molecule has 78 valence electrons. The van der Waals surface area contributed by atoms with Gasteiger partial charge in [0.05, 0.1) is 11.9 Å². The van der Waals surface area contributed by atoms with Crippen molar-refractivity contribution in [2.45, 2.75) is 39.2 Å². The van der Waals surface area contributed by atoms with Gasteiger partial charge in [-0.25, -0.2) is 4.98 Å². The first-order chi connectivity index (χ1) is 6.54. The summed E-state index contributed by atoms with van der Waals surface area (Å²) in [5.74, 6) is 0.605. The molecule has 2 N–H and O–H groups in total. The van der Waals surface area contributed by atoms with Crippen molar-refractivity contribution >= 4 is 6.08 Å². The van der Waals surface area contributed by atoms with Gasteiger partial charge in [0.15, 0.2) is 0 Å². The summed E-state index contributed by atoms with van der Waals surface area (Å²) < 4.78 is 0. The van der Waals surface area contributed by atoms with Crippen LogP contribution in [0.3, 0.4) is 0 Å². The Balaban J connectivity index is 2.69. The molecule has 1 heterocycles. The van der Waals surface area contributed by atoms with Crippen molar-refractivity contribution in [3.63, 3.8) is 0 Å². The van der Waals surface area contributed by atoms with Gasteiger partial charge in [-0.1, -0.05) is 19.4 Å². The molecule has 1 aromatic rings. The number of nitrogens with zero attached hydrogens (tertiary/aromatic N) is 1. The minimum absolute atomic E-state index is 0.605. The second kappa shape index (κ2) is 4.42. The number of imidazole rings is 1. The molecule has 0 spiro atoms. The first kappa shape index (κ1) is 11.0. The Morgan fingerprint density at radius 1 is 1.57 bits per heavy atom. The van der Waals surface area contributed by atoms with Crippen molar-refractivity contribution in [1.82, 2.24) is 9.97 Å². The maximum Gasteiger partial charge on any atom is 0.138 e. The average molecular weight is 194 g/mol. The van der Waals surface area contributed by atoms with Crippen LogP contribution in [0.15, 0.2) is 12.3 Å². The topological polar surface area (TPSA) is 48.9 Å². The summed E-state index contributed by atoms with van der Waals surface area (Å²) in [6, 6.07) is 0. The minimum atomic E-state index is -0.892. The van der Waals surface area contributed by atoms with E-state index < -0.39 is 5.60 Å². The second-order valence-corrected chi connectivity index (χ2v) is 3.94. The molecule has 0 fully saturated rings. The van der Waals surface area contributed by atoms with Crippen LogP contribution in [0.1, 0.15) is 45.1 Å². The Morgan fingerprint density at radius 2 is 2.29 bits per heavy atom. The number of nitrogens with one attached hydrogen (secondary N) is 1. The lowest BCUT2D eigenvalue weighted by Crippen LogP contribution is -2.17. The van der Waals surface area contributed by atoms with Gasteiger partial charge < -0.3 is 10.1 Å². The number of hydrogen-bond acceptors (Lipinski definition) is 2. The van der Waals surface area contributed by atoms with E-state index in [0.717, 1.165) is 18.5 Å². The van der Waals surface area contributed by atoms with Crippen LogP contribution in [-0.2, 0) is 5.60 Å².